The van der Waals surface area contributed by atoms with Gasteiger partial charge in [0.2, 0.25) is 0 Å². The fourth-order valence-corrected chi connectivity index (χ4v) is 4.28. The number of carbonyl (C=O) groups excluding carboxylic acids is 1. The van der Waals surface area contributed by atoms with Crippen molar-refractivity contribution in [3.05, 3.63) is 70.8 Å². The lowest BCUT2D eigenvalue weighted by atomic mass is 9.77. The molecule has 0 heterocycles. The van der Waals surface area contributed by atoms with E-state index in [0.717, 1.165) is 37.8 Å². The van der Waals surface area contributed by atoms with Crippen molar-refractivity contribution in [2.75, 3.05) is 6.54 Å². The second-order valence-corrected chi connectivity index (χ2v) is 7.96. The van der Waals surface area contributed by atoms with E-state index in [1.165, 1.54) is 23.8 Å². The van der Waals surface area contributed by atoms with Crippen LogP contribution in [0.25, 0.3) is 0 Å². The fraction of sp³-hybridized carbons (Fsp3) is 0.458. The number of aryl methyl sites for hydroxylation is 1. The number of hydrogen-bond acceptors (Lipinski definition) is 2. The Hall–Kier alpha value is -2.07. The molecule has 150 valence electrons. The Morgan fingerprint density at radius 2 is 1.68 bits per heavy atom. The van der Waals surface area contributed by atoms with Gasteiger partial charge in [-0.05, 0) is 105 Å². The van der Waals surface area contributed by atoms with Crippen LogP contribution in [0.2, 0.25) is 0 Å². The first-order chi connectivity index (χ1) is 13.5. The van der Waals surface area contributed by atoms with E-state index >= 15 is 0 Å². The highest BCUT2D eigenvalue weighted by atomic mass is 19.1. The molecule has 2 nitrogen and oxygen atoms in total. The first kappa shape index (κ1) is 20.7. The molecule has 1 aliphatic rings. The highest BCUT2D eigenvalue weighted by molar-refractivity contribution is 6.00. The minimum atomic E-state index is -0.331. The van der Waals surface area contributed by atoms with Crippen LogP contribution in [0.15, 0.2) is 42.5 Å². The summed E-state index contributed by atoms with van der Waals surface area (Å²) in [5.41, 5.74) is 2.86. The average Bonchev–Trinajstić information content (AvgIpc) is 2.71. The molecule has 2 aromatic rings. The van der Waals surface area contributed by atoms with Gasteiger partial charge in [-0.3, -0.25) is 4.79 Å². The summed E-state index contributed by atoms with van der Waals surface area (Å²) in [6.45, 7) is 4.85. The van der Waals surface area contributed by atoms with E-state index in [4.69, 9.17) is 0 Å². The van der Waals surface area contributed by atoms with Gasteiger partial charge in [0, 0.05) is 5.56 Å². The van der Waals surface area contributed by atoms with Gasteiger partial charge in [0.05, 0.1) is 6.04 Å². The molecular formula is C24H29F2NO. The van der Waals surface area contributed by atoms with Crippen molar-refractivity contribution in [1.29, 1.82) is 0 Å². The van der Waals surface area contributed by atoms with Crippen LogP contribution in [0.5, 0.6) is 0 Å². The first-order valence-corrected chi connectivity index (χ1v) is 10.3. The molecule has 1 aliphatic carbocycles. The van der Waals surface area contributed by atoms with Crippen LogP contribution < -0.4 is 5.32 Å². The first-order valence-electron chi connectivity index (χ1n) is 10.3. The van der Waals surface area contributed by atoms with Crippen molar-refractivity contribution >= 4 is 5.78 Å². The molecule has 2 aromatic carbocycles. The van der Waals surface area contributed by atoms with E-state index in [0.29, 0.717) is 23.8 Å². The zero-order valence-electron chi connectivity index (χ0n) is 16.7. The summed E-state index contributed by atoms with van der Waals surface area (Å²) in [6, 6.07) is 10.6. The number of rotatable bonds is 7. The van der Waals surface area contributed by atoms with E-state index in [1.807, 2.05) is 13.0 Å². The van der Waals surface area contributed by atoms with E-state index in [1.54, 1.807) is 18.2 Å². The molecule has 0 radical (unpaired) electrons. The Balaban J connectivity index is 1.52. The Morgan fingerprint density at radius 3 is 2.32 bits per heavy atom. The largest absolute Gasteiger partial charge is 0.307 e. The highest BCUT2D eigenvalue weighted by Gasteiger charge is 2.25. The molecule has 4 heteroatoms. The summed E-state index contributed by atoms with van der Waals surface area (Å²) in [5, 5.41) is 3.42. The zero-order valence-corrected chi connectivity index (χ0v) is 16.7. The lowest BCUT2D eigenvalue weighted by Gasteiger charge is -2.30. The molecule has 1 unspecified atom stereocenters. The number of ketones is 1. The minimum absolute atomic E-state index is 0.0200. The molecule has 1 saturated carbocycles. The van der Waals surface area contributed by atoms with Crippen molar-refractivity contribution in [3.8, 4) is 0 Å². The lowest BCUT2D eigenvalue weighted by molar-refractivity contribution is 0.0936. The third-order valence-corrected chi connectivity index (χ3v) is 6.03. The van der Waals surface area contributed by atoms with Crippen molar-refractivity contribution in [1.82, 2.24) is 5.32 Å². The summed E-state index contributed by atoms with van der Waals surface area (Å²) in [7, 11) is 0. The number of hydrogen-bond donors (Lipinski definition) is 1. The fourth-order valence-electron chi connectivity index (χ4n) is 4.28. The van der Waals surface area contributed by atoms with E-state index in [2.05, 4.69) is 12.2 Å². The van der Waals surface area contributed by atoms with Crippen LogP contribution in [0, 0.1) is 24.5 Å². The molecule has 3 rings (SSSR count). The maximum atomic E-state index is 13.6. The van der Waals surface area contributed by atoms with Gasteiger partial charge in [0.1, 0.15) is 11.6 Å². The summed E-state index contributed by atoms with van der Waals surface area (Å²) in [6.07, 6.45) is 4.97. The highest BCUT2D eigenvalue weighted by Crippen LogP contribution is 2.37. The average molecular weight is 385 g/mol. The maximum absolute atomic E-state index is 13.6. The third kappa shape index (κ3) is 5.05. The van der Waals surface area contributed by atoms with Gasteiger partial charge in [0.15, 0.2) is 5.78 Å². The molecule has 1 atom stereocenters. The number of halogens is 2. The standard InChI is InChI=1S/C24H29F2NO/c1-3-23(24(28)19-9-12-20(25)13-10-19)27-15-17-5-7-18(8-6-17)22-14-21(26)11-4-16(22)2/h4,9-14,17-18,23,27H,3,5-8,15H2,1-2H3. The molecule has 0 bridgehead atoms. The summed E-state index contributed by atoms with van der Waals surface area (Å²) >= 11 is 0. The second kappa shape index (κ2) is 9.42. The normalized spacial score (nSPS) is 20.7. The predicted octanol–water partition coefficient (Wildman–Crippen LogP) is 5.80. The van der Waals surface area contributed by atoms with Crippen LogP contribution in [0.1, 0.15) is 66.4 Å². The van der Waals surface area contributed by atoms with Gasteiger partial charge in [-0.1, -0.05) is 13.0 Å². The molecule has 0 saturated heterocycles. The maximum Gasteiger partial charge on any atom is 0.179 e. The van der Waals surface area contributed by atoms with Crippen LogP contribution in [-0.4, -0.2) is 18.4 Å². The Kier molecular flexibility index (Phi) is 6.95. The Labute approximate surface area is 166 Å². The van der Waals surface area contributed by atoms with Gasteiger partial charge in [0.25, 0.3) is 0 Å². The van der Waals surface area contributed by atoms with Crippen molar-refractivity contribution in [3.63, 3.8) is 0 Å². The van der Waals surface area contributed by atoms with Crippen LogP contribution >= 0.6 is 0 Å². The molecule has 0 aromatic heterocycles. The number of carbonyl (C=O) groups is 1. The molecular weight excluding hydrogens is 356 g/mol. The summed E-state index contributed by atoms with van der Waals surface area (Å²) in [4.78, 5) is 12.6. The van der Waals surface area contributed by atoms with E-state index in [9.17, 15) is 13.6 Å². The minimum Gasteiger partial charge on any atom is -0.307 e. The van der Waals surface area contributed by atoms with E-state index < -0.39 is 0 Å². The second-order valence-electron chi connectivity index (χ2n) is 7.96. The smallest absolute Gasteiger partial charge is 0.179 e. The van der Waals surface area contributed by atoms with Gasteiger partial charge >= 0.3 is 0 Å². The zero-order chi connectivity index (χ0) is 20.1. The number of nitrogens with one attached hydrogen (secondary N) is 1. The summed E-state index contributed by atoms with van der Waals surface area (Å²) in [5.74, 6) is 0.485. The van der Waals surface area contributed by atoms with Crippen LogP contribution in [0.3, 0.4) is 0 Å². The third-order valence-electron chi connectivity index (χ3n) is 6.03. The SMILES string of the molecule is CCC(NCC1CCC(c2cc(F)ccc2C)CC1)C(=O)c1ccc(F)cc1. The monoisotopic (exact) mass is 385 g/mol. The van der Waals surface area contributed by atoms with Gasteiger partial charge in [-0.15, -0.1) is 0 Å². The van der Waals surface area contributed by atoms with Crippen molar-refractivity contribution < 1.29 is 13.6 Å². The molecule has 28 heavy (non-hydrogen) atoms. The Bertz CT molecular complexity index is 795. The quantitative estimate of drug-likeness (QED) is 0.611. The van der Waals surface area contributed by atoms with E-state index in [-0.39, 0.29) is 23.5 Å². The van der Waals surface area contributed by atoms with Crippen LogP contribution in [0.4, 0.5) is 8.78 Å². The molecule has 1 fully saturated rings. The van der Waals surface area contributed by atoms with Crippen molar-refractivity contribution in [2.45, 2.75) is 57.9 Å². The molecule has 0 aliphatic heterocycles. The van der Waals surface area contributed by atoms with Crippen LogP contribution in [-0.2, 0) is 0 Å². The molecule has 0 spiro atoms. The Morgan fingerprint density at radius 1 is 1.04 bits per heavy atom. The van der Waals surface area contributed by atoms with Gasteiger partial charge < -0.3 is 5.32 Å². The molecule has 0 amide bonds. The van der Waals surface area contributed by atoms with Gasteiger partial charge in [-0.2, -0.15) is 0 Å². The lowest BCUT2D eigenvalue weighted by Crippen LogP contribution is -2.39. The number of Topliss-reactive ketones (excluding diaryl/α,β-unsaturated/α-hetero) is 1. The van der Waals surface area contributed by atoms with Crippen molar-refractivity contribution in [2.24, 2.45) is 5.92 Å². The summed E-state index contributed by atoms with van der Waals surface area (Å²) < 4.78 is 26.7. The topological polar surface area (TPSA) is 29.1 Å². The predicted molar refractivity (Wildman–Crippen MR) is 109 cm³/mol. The number of benzene rings is 2. The van der Waals surface area contributed by atoms with Gasteiger partial charge in [-0.25, -0.2) is 8.78 Å². The molecule has 1 N–H and O–H groups in total.